The maximum atomic E-state index is 5.65. The summed E-state index contributed by atoms with van der Waals surface area (Å²) < 4.78 is 0.0166. The van der Waals surface area contributed by atoms with Crippen molar-refractivity contribution in [3.63, 3.8) is 0 Å². The molecule has 1 aliphatic heterocycles. The number of thiocarbonyl (C=S) groups is 1. The van der Waals surface area contributed by atoms with Crippen LogP contribution in [0, 0.1) is 0 Å². The summed E-state index contributed by atoms with van der Waals surface area (Å²) in [7, 11) is 0. The van der Waals surface area contributed by atoms with Crippen molar-refractivity contribution < 1.29 is 0 Å². The molecule has 0 saturated carbocycles. The maximum Gasteiger partial charge on any atom is 0.0507 e. The molecule has 2 heteroatoms. The highest BCUT2D eigenvalue weighted by molar-refractivity contribution is 8.06. The van der Waals surface area contributed by atoms with Crippen LogP contribution in [0.15, 0.2) is 33.3 Å². The Bertz CT molecular complexity index is 434. The predicted octanol–water partition coefficient (Wildman–Crippen LogP) is 5.46. The molecule has 0 radical (unpaired) electrons. The van der Waals surface area contributed by atoms with E-state index in [0.717, 1.165) is 4.86 Å². The molecule has 94 valence electrons. The molecule has 0 aliphatic carbocycles. The van der Waals surface area contributed by atoms with Crippen LogP contribution in [0.25, 0.3) is 0 Å². The van der Waals surface area contributed by atoms with Crippen molar-refractivity contribution in [2.45, 2.75) is 53.2 Å². The Balaban J connectivity index is 3.54. The van der Waals surface area contributed by atoms with E-state index in [4.69, 9.17) is 12.2 Å². The molecule has 0 aromatic rings. The quantitative estimate of drug-likeness (QED) is 0.422. The largest absolute Gasteiger partial charge is 0.114 e. The van der Waals surface area contributed by atoms with Gasteiger partial charge in [-0.15, -0.1) is 11.8 Å². The van der Waals surface area contributed by atoms with Crippen LogP contribution in [0.5, 0.6) is 0 Å². The van der Waals surface area contributed by atoms with Crippen LogP contribution in [-0.4, -0.2) is 9.61 Å². The summed E-state index contributed by atoms with van der Waals surface area (Å²) in [6, 6.07) is 0. The van der Waals surface area contributed by atoms with Crippen molar-refractivity contribution in [1.29, 1.82) is 0 Å². The topological polar surface area (TPSA) is 0 Å². The van der Waals surface area contributed by atoms with E-state index in [1.165, 1.54) is 27.2 Å². The summed E-state index contributed by atoms with van der Waals surface area (Å²) in [4.78, 5) is 2.47. The number of allylic oxidation sites excluding steroid dienone is 5. The summed E-state index contributed by atoms with van der Waals surface area (Å²) in [5.41, 5.74) is 5.32. The molecule has 1 fully saturated rings. The van der Waals surface area contributed by atoms with Gasteiger partial charge in [0.15, 0.2) is 0 Å². The van der Waals surface area contributed by atoms with Crippen LogP contribution in [0.2, 0.25) is 0 Å². The fraction of sp³-hybridized carbons (Fsp3) is 0.533. The van der Waals surface area contributed by atoms with Crippen molar-refractivity contribution in [2.75, 3.05) is 0 Å². The first-order valence-electron chi connectivity index (χ1n) is 5.98. The van der Waals surface area contributed by atoms with Crippen molar-refractivity contribution >= 4 is 28.8 Å². The zero-order chi connectivity index (χ0) is 13.4. The van der Waals surface area contributed by atoms with Gasteiger partial charge in [0.05, 0.1) is 4.75 Å². The summed E-state index contributed by atoms with van der Waals surface area (Å²) >= 11 is 7.55. The van der Waals surface area contributed by atoms with E-state index >= 15 is 0 Å². The smallest absolute Gasteiger partial charge is 0.0507 e. The van der Waals surface area contributed by atoms with Gasteiger partial charge in [-0.05, 0) is 59.6 Å². The highest BCUT2D eigenvalue weighted by Gasteiger charge is 2.36. The molecule has 1 heterocycles. The van der Waals surface area contributed by atoms with Gasteiger partial charge in [0.1, 0.15) is 0 Å². The van der Waals surface area contributed by atoms with Crippen LogP contribution >= 0.6 is 24.0 Å². The molecule has 0 amide bonds. The third-order valence-electron chi connectivity index (χ3n) is 2.89. The maximum absolute atomic E-state index is 5.65. The second-order valence-corrected chi connectivity index (χ2v) is 7.39. The molecule has 0 atom stereocenters. The average molecular weight is 266 g/mol. The summed E-state index contributed by atoms with van der Waals surface area (Å²) in [6.07, 6.45) is 2.16. The van der Waals surface area contributed by atoms with Crippen LogP contribution in [0.4, 0.5) is 0 Å². The van der Waals surface area contributed by atoms with E-state index in [1.807, 2.05) is 11.8 Å². The van der Waals surface area contributed by atoms with Gasteiger partial charge in [0.25, 0.3) is 0 Å². The van der Waals surface area contributed by atoms with Gasteiger partial charge in [-0.3, -0.25) is 0 Å². The lowest BCUT2D eigenvalue weighted by Gasteiger charge is -2.37. The highest BCUT2D eigenvalue weighted by atomic mass is 32.2. The van der Waals surface area contributed by atoms with E-state index in [9.17, 15) is 0 Å². The molecular formula is C15H22S2. The van der Waals surface area contributed by atoms with E-state index in [0.29, 0.717) is 0 Å². The fourth-order valence-corrected chi connectivity index (χ4v) is 3.71. The van der Waals surface area contributed by atoms with Crippen molar-refractivity contribution in [3.8, 4) is 0 Å². The van der Waals surface area contributed by atoms with Gasteiger partial charge in [0, 0.05) is 9.77 Å². The Kier molecular flexibility index (Phi) is 4.43. The first-order chi connectivity index (χ1) is 7.72. The van der Waals surface area contributed by atoms with Gasteiger partial charge < -0.3 is 0 Å². The zero-order valence-electron chi connectivity index (χ0n) is 11.9. The van der Waals surface area contributed by atoms with Crippen molar-refractivity contribution in [2.24, 2.45) is 0 Å². The Labute approximate surface area is 115 Å². The molecule has 0 unspecified atom stereocenters. The Hall–Kier alpha value is -0.340. The summed E-state index contributed by atoms with van der Waals surface area (Å²) in [6.45, 7) is 15.2. The normalized spacial score (nSPS) is 22.1. The van der Waals surface area contributed by atoms with Crippen LogP contribution in [0.1, 0.15) is 48.5 Å². The van der Waals surface area contributed by atoms with Gasteiger partial charge in [-0.1, -0.05) is 29.4 Å². The van der Waals surface area contributed by atoms with Gasteiger partial charge in [-0.2, -0.15) is 0 Å². The molecule has 1 saturated heterocycles. The fourth-order valence-electron chi connectivity index (χ4n) is 2.04. The Morgan fingerprint density at radius 3 is 2.00 bits per heavy atom. The van der Waals surface area contributed by atoms with Crippen LogP contribution in [0.3, 0.4) is 0 Å². The molecule has 1 aliphatic rings. The Morgan fingerprint density at radius 2 is 1.65 bits per heavy atom. The minimum Gasteiger partial charge on any atom is -0.114 e. The zero-order valence-corrected chi connectivity index (χ0v) is 13.5. The lowest BCUT2D eigenvalue weighted by Crippen LogP contribution is -2.33. The number of hydrogen-bond acceptors (Lipinski definition) is 2. The third-order valence-corrected chi connectivity index (χ3v) is 5.28. The molecule has 0 nitrogen and oxygen atoms in total. The number of hydrogen-bond donors (Lipinski definition) is 0. The second-order valence-electron chi connectivity index (χ2n) is 5.35. The van der Waals surface area contributed by atoms with Gasteiger partial charge in [0.2, 0.25) is 0 Å². The summed E-state index contributed by atoms with van der Waals surface area (Å²) in [5.74, 6) is 0. The first-order valence-corrected chi connectivity index (χ1v) is 7.20. The molecule has 0 spiro atoms. The minimum absolute atomic E-state index is 0.0166. The van der Waals surface area contributed by atoms with Crippen molar-refractivity contribution in [1.82, 2.24) is 0 Å². The number of thioether (sulfide) groups is 1. The minimum atomic E-state index is 0.0166. The van der Waals surface area contributed by atoms with E-state index in [2.05, 4.69) is 54.5 Å². The second kappa shape index (κ2) is 5.11. The SMILES string of the molecule is C/C=C1/C(=S)C(C)(C)SC(=C(C)C)C1=C(C)C. The molecule has 0 bridgehead atoms. The van der Waals surface area contributed by atoms with Gasteiger partial charge >= 0.3 is 0 Å². The lowest BCUT2D eigenvalue weighted by atomic mass is 9.90. The molecule has 0 aromatic carbocycles. The molecular weight excluding hydrogens is 244 g/mol. The van der Waals surface area contributed by atoms with Crippen molar-refractivity contribution in [3.05, 3.63) is 33.3 Å². The highest BCUT2D eigenvalue weighted by Crippen LogP contribution is 2.49. The molecule has 1 rings (SSSR count). The van der Waals surface area contributed by atoms with E-state index in [-0.39, 0.29) is 4.75 Å². The Morgan fingerprint density at radius 1 is 1.12 bits per heavy atom. The number of rotatable bonds is 0. The van der Waals surface area contributed by atoms with Crippen LogP contribution < -0.4 is 0 Å². The standard InChI is InChI=1S/C15H22S2/c1-8-11-12(9(2)3)13(10(4)5)17-15(6,7)14(11)16/h8H,1-7H3/b11-8+. The molecule has 17 heavy (non-hydrogen) atoms. The molecule has 0 N–H and O–H groups in total. The lowest BCUT2D eigenvalue weighted by molar-refractivity contribution is 0.959. The molecule has 0 aromatic heterocycles. The summed E-state index contributed by atoms with van der Waals surface area (Å²) in [5, 5.41) is 0. The van der Waals surface area contributed by atoms with E-state index < -0.39 is 0 Å². The third kappa shape index (κ3) is 2.74. The predicted molar refractivity (Wildman–Crippen MR) is 84.8 cm³/mol. The van der Waals surface area contributed by atoms with E-state index in [1.54, 1.807) is 0 Å². The van der Waals surface area contributed by atoms with Gasteiger partial charge in [-0.25, -0.2) is 0 Å². The van der Waals surface area contributed by atoms with Crippen LogP contribution in [-0.2, 0) is 0 Å². The monoisotopic (exact) mass is 266 g/mol. The first kappa shape index (κ1) is 14.7. The average Bonchev–Trinajstić information content (AvgIpc) is 2.20.